The Bertz CT molecular complexity index is 484. The van der Waals surface area contributed by atoms with Gasteiger partial charge in [0.15, 0.2) is 0 Å². The number of aliphatic hydroxyl groups is 1. The zero-order valence-electron chi connectivity index (χ0n) is 14.0. The van der Waals surface area contributed by atoms with E-state index in [2.05, 4.69) is 24.5 Å². The molecule has 2 amide bonds. The molecule has 2 rings (SSSR count). The number of nitrogens with one attached hydrogen (secondary N) is 2. The summed E-state index contributed by atoms with van der Waals surface area (Å²) >= 11 is 0. The molecule has 1 aromatic rings. The van der Waals surface area contributed by atoms with Crippen molar-refractivity contribution in [2.24, 2.45) is 5.92 Å². The van der Waals surface area contributed by atoms with Gasteiger partial charge in [-0.15, -0.1) is 0 Å². The highest BCUT2D eigenvalue weighted by Gasteiger charge is 2.30. The summed E-state index contributed by atoms with van der Waals surface area (Å²) in [6.45, 7) is 5.62. The second-order valence-electron chi connectivity index (χ2n) is 6.76. The average Bonchev–Trinajstić information content (AvgIpc) is 2.54. The van der Waals surface area contributed by atoms with Gasteiger partial charge in [0.05, 0.1) is 11.6 Å². The molecule has 1 unspecified atom stereocenters. The van der Waals surface area contributed by atoms with E-state index in [4.69, 9.17) is 4.74 Å². The molecule has 1 aliphatic heterocycles. The van der Waals surface area contributed by atoms with Gasteiger partial charge in [0.2, 0.25) is 0 Å². The Hall–Kier alpha value is -1.59. The Morgan fingerprint density at radius 3 is 2.52 bits per heavy atom. The molecule has 5 nitrogen and oxygen atoms in total. The van der Waals surface area contributed by atoms with Crippen LogP contribution in [0.15, 0.2) is 30.3 Å². The van der Waals surface area contributed by atoms with E-state index in [-0.39, 0.29) is 18.6 Å². The summed E-state index contributed by atoms with van der Waals surface area (Å²) in [7, 11) is 0. The van der Waals surface area contributed by atoms with Crippen molar-refractivity contribution in [1.29, 1.82) is 0 Å². The molecule has 0 saturated carbocycles. The Morgan fingerprint density at radius 1 is 1.26 bits per heavy atom. The Labute approximate surface area is 138 Å². The fourth-order valence-corrected chi connectivity index (χ4v) is 2.82. The lowest BCUT2D eigenvalue weighted by Crippen LogP contribution is -2.49. The van der Waals surface area contributed by atoms with Crippen LogP contribution in [0.5, 0.6) is 0 Å². The number of amides is 2. The standard InChI is InChI=1S/C18H28N2O3/c1-14(2)12-16(15-6-4-3-5-7-15)20-17(21)19-13-18(22)8-10-23-11-9-18/h3-7,14,16,22H,8-13H2,1-2H3,(H2,19,20,21). The molecule has 1 aromatic carbocycles. The number of carbonyl (C=O) groups excluding carboxylic acids is 1. The maximum atomic E-state index is 12.2. The van der Waals surface area contributed by atoms with E-state index in [1.54, 1.807) is 0 Å². The topological polar surface area (TPSA) is 70.6 Å². The maximum Gasteiger partial charge on any atom is 0.315 e. The lowest BCUT2D eigenvalue weighted by atomic mass is 9.94. The normalized spacial score (nSPS) is 18.4. The number of benzene rings is 1. The van der Waals surface area contributed by atoms with Crippen LogP contribution in [0.1, 0.15) is 44.7 Å². The lowest BCUT2D eigenvalue weighted by Gasteiger charge is -2.32. The van der Waals surface area contributed by atoms with Crippen molar-refractivity contribution in [1.82, 2.24) is 10.6 Å². The average molecular weight is 320 g/mol. The first-order valence-corrected chi connectivity index (χ1v) is 8.38. The molecule has 0 aromatic heterocycles. The highest BCUT2D eigenvalue weighted by molar-refractivity contribution is 5.74. The molecule has 0 radical (unpaired) electrons. The van der Waals surface area contributed by atoms with Gasteiger partial charge in [-0.25, -0.2) is 4.79 Å². The van der Waals surface area contributed by atoms with Crippen LogP contribution in [0.4, 0.5) is 4.79 Å². The van der Waals surface area contributed by atoms with Crippen molar-refractivity contribution < 1.29 is 14.6 Å². The zero-order chi connectivity index (χ0) is 16.7. The molecule has 0 spiro atoms. The summed E-state index contributed by atoms with van der Waals surface area (Å²) in [5.41, 5.74) is 0.247. The van der Waals surface area contributed by atoms with Crippen LogP contribution >= 0.6 is 0 Å². The first kappa shape index (κ1) is 17.8. The summed E-state index contributed by atoms with van der Waals surface area (Å²) < 4.78 is 5.25. The molecule has 1 atom stereocenters. The van der Waals surface area contributed by atoms with Crippen LogP contribution in [0.3, 0.4) is 0 Å². The molecule has 128 valence electrons. The molecule has 1 heterocycles. The third-order valence-electron chi connectivity index (χ3n) is 4.22. The number of hydrogen-bond acceptors (Lipinski definition) is 3. The summed E-state index contributed by atoms with van der Waals surface area (Å²) in [6, 6.07) is 9.72. The summed E-state index contributed by atoms with van der Waals surface area (Å²) in [4.78, 5) is 12.2. The first-order valence-electron chi connectivity index (χ1n) is 8.38. The predicted octanol–water partition coefficient (Wildman–Crippen LogP) is 2.61. The molecule has 1 fully saturated rings. The van der Waals surface area contributed by atoms with Crippen LogP contribution in [-0.4, -0.2) is 36.5 Å². The van der Waals surface area contributed by atoms with Crippen LogP contribution in [0, 0.1) is 5.92 Å². The third-order valence-corrected chi connectivity index (χ3v) is 4.22. The maximum absolute atomic E-state index is 12.2. The molecule has 0 aliphatic carbocycles. The minimum atomic E-state index is -0.851. The van der Waals surface area contributed by atoms with E-state index in [0.717, 1.165) is 12.0 Å². The van der Waals surface area contributed by atoms with E-state index in [1.165, 1.54) is 0 Å². The molecule has 5 heteroatoms. The van der Waals surface area contributed by atoms with Crippen molar-refractivity contribution in [3.8, 4) is 0 Å². The minimum Gasteiger partial charge on any atom is -0.388 e. The quantitative estimate of drug-likeness (QED) is 0.754. The summed E-state index contributed by atoms with van der Waals surface area (Å²) in [5.74, 6) is 0.472. The molecule has 1 saturated heterocycles. The molecule has 3 N–H and O–H groups in total. The highest BCUT2D eigenvalue weighted by atomic mass is 16.5. The van der Waals surface area contributed by atoms with Crippen LogP contribution in [0.25, 0.3) is 0 Å². The first-order chi connectivity index (χ1) is 11.0. The van der Waals surface area contributed by atoms with Crippen LogP contribution in [0.2, 0.25) is 0 Å². The van der Waals surface area contributed by atoms with Gasteiger partial charge < -0.3 is 20.5 Å². The number of urea groups is 1. The Balaban J connectivity index is 1.89. The predicted molar refractivity (Wildman–Crippen MR) is 90.2 cm³/mol. The van der Waals surface area contributed by atoms with Gasteiger partial charge in [0, 0.05) is 32.6 Å². The fourth-order valence-electron chi connectivity index (χ4n) is 2.82. The van der Waals surface area contributed by atoms with E-state index < -0.39 is 5.60 Å². The Morgan fingerprint density at radius 2 is 1.91 bits per heavy atom. The van der Waals surface area contributed by atoms with Gasteiger partial charge in [0.1, 0.15) is 0 Å². The minimum absolute atomic E-state index is 0.0273. The van der Waals surface area contributed by atoms with Crippen molar-refractivity contribution in [2.75, 3.05) is 19.8 Å². The zero-order valence-corrected chi connectivity index (χ0v) is 14.0. The Kier molecular flexibility index (Phi) is 6.42. The van der Waals surface area contributed by atoms with Gasteiger partial charge in [0.25, 0.3) is 0 Å². The molecular weight excluding hydrogens is 292 g/mol. The van der Waals surface area contributed by atoms with Crippen molar-refractivity contribution >= 4 is 6.03 Å². The number of rotatable bonds is 6. The van der Waals surface area contributed by atoms with E-state index in [1.807, 2.05) is 30.3 Å². The summed E-state index contributed by atoms with van der Waals surface area (Å²) in [6.07, 6.45) is 1.98. The van der Waals surface area contributed by atoms with Gasteiger partial charge in [-0.05, 0) is 17.9 Å². The van der Waals surface area contributed by atoms with E-state index in [9.17, 15) is 9.90 Å². The SMILES string of the molecule is CC(C)CC(NC(=O)NCC1(O)CCOCC1)c1ccccc1. The number of ether oxygens (including phenoxy) is 1. The van der Waals surface area contributed by atoms with E-state index in [0.29, 0.717) is 32.0 Å². The number of carbonyl (C=O) groups is 1. The van der Waals surface area contributed by atoms with Crippen LogP contribution < -0.4 is 10.6 Å². The van der Waals surface area contributed by atoms with Gasteiger partial charge >= 0.3 is 6.03 Å². The van der Waals surface area contributed by atoms with Crippen molar-refractivity contribution in [2.45, 2.75) is 44.8 Å². The van der Waals surface area contributed by atoms with Crippen molar-refractivity contribution in [3.63, 3.8) is 0 Å². The molecule has 0 bridgehead atoms. The number of hydrogen-bond donors (Lipinski definition) is 3. The largest absolute Gasteiger partial charge is 0.388 e. The van der Waals surface area contributed by atoms with Gasteiger partial charge in [-0.2, -0.15) is 0 Å². The lowest BCUT2D eigenvalue weighted by molar-refractivity contribution is -0.0600. The van der Waals surface area contributed by atoms with Crippen LogP contribution in [-0.2, 0) is 4.74 Å². The smallest absolute Gasteiger partial charge is 0.315 e. The second kappa shape index (κ2) is 8.31. The van der Waals surface area contributed by atoms with Gasteiger partial charge in [-0.1, -0.05) is 44.2 Å². The third kappa shape index (κ3) is 5.84. The molecule has 1 aliphatic rings. The fraction of sp³-hybridized carbons (Fsp3) is 0.611. The van der Waals surface area contributed by atoms with Crippen molar-refractivity contribution in [3.05, 3.63) is 35.9 Å². The highest BCUT2D eigenvalue weighted by Crippen LogP contribution is 2.21. The monoisotopic (exact) mass is 320 g/mol. The van der Waals surface area contributed by atoms with E-state index >= 15 is 0 Å². The van der Waals surface area contributed by atoms with Gasteiger partial charge in [-0.3, -0.25) is 0 Å². The summed E-state index contributed by atoms with van der Waals surface area (Å²) in [5, 5.41) is 16.2. The molecular formula is C18H28N2O3. The molecule has 23 heavy (non-hydrogen) atoms. The second-order valence-corrected chi connectivity index (χ2v) is 6.76.